The third-order valence-electron chi connectivity index (χ3n) is 5.44. The van der Waals surface area contributed by atoms with Crippen LogP contribution in [-0.4, -0.2) is 24.4 Å². The third-order valence-corrected chi connectivity index (χ3v) is 6.18. The Kier molecular flexibility index (Phi) is 5.21. The van der Waals surface area contributed by atoms with Gasteiger partial charge in [0.25, 0.3) is 0 Å². The van der Waals surface area contributed by atoms with E-state index in [1.807, 2.05) is 25.1 Å². The molecule has 0 heterocycles. The second kappa shape index (κ2) is 7.22. The average Bonchev–Trinajstić information content (AvgIpc) is 2.84. The average molecular weight is 356 g/mol. The number of carbonyl (C=O) groups is 1. The van der Waals surface area contributed by atoms with Crippen molar-refractivity contribution in [1.82, 2.24) is 0 Å². The van der Waals surface area contributed by atoms with Crippen molar-refractivity contribution in [2.75, 3.05) is 13.4 Å². The molecule has 3 rings (SSSR count). The molecule has 0 bridgehead atoms. The van der Waals surface area contributed by atoms with Crippen LogP contribution in [0.2, 0.25) is 0 Å². The second-order valence-corrected chi connectivity index (χ2v) is 7.59. The van der Waals surface area contributed by atoms with Gasteiger partial charge in [-0.1, -0.05) is 43.3 Å². The topological polar surface area (TPSA) is 46.5 Å². The Labute approximate surface area is 153 Å². The molecule has 0 amide bonds. The lowest BCUT2D eigenvalue weighted by Gasteiger charge is -2.30. The van der Waals surface area contributed by atoms with Crippen molar-refractivity contribution in [2.24, 2.45) is 5.92 Å². The minimum absolute atomic E-state index is 0.0103. The molecule has 3 unspecified atom stereocenters. The van der Waals surface area contributed by atoms with Gasteiger partial charge in [0.1, 0.15) is 5.60 Å². The Balaban J connectivity index is 1.93. The Morgan fingerprint density at radius 3 is 2.52 bits per heavy atom. The number of fused-ring (bicyclic) bond motifs is 1. The van der Waals surface area contributed by atoms with Gasteiger partial charge in [0, 0.05) is 4.90 Å². The lowest BCUT2D eigenvalue weighted by Crippen LogP contribution is -2.34. The minimum Gasteiger partial charge on any atom is -0.469 e. The van der Waals surface area contributed by atoms with E-state index in [-0.39, 0.29) is 24.2 Å². The zero-order valence-electron chi connectivity index (χ0n) is 14.9. The number of ether oxygens (including phenoxy) is 1. The summed E-state index contributed by atoms with van der Waals surface area (Å²) in [6.45, 7) is 2.03. The minimum atomic E-state index is -1.17. The highest BCUT2D eigenvalue weighted by Crippen LogP contribution is 2.52. The van der Waals surface area contributed by atoms with Crippen LogP contribution >= 0.6 is 11.8 Å². The lowest BCUT2D eigenvalue weighted by atomic mass is 9.80. The molecule has 0 saturated heterocycles. The highest BCUT2D eigenvalue weighted by atomic mass is 32.2. The fourth-order valence-corrected chi connectivity index (χ4v) is 4.32. The SMILES string of the molecule is COC(=O)CC1(O)c2ccccc2C(Cc2ccc(SC)cc2)C1C. The Hall–Kier alpha value is -1.78. The number of benzene rings is 2. The molecule has 2 aromatic rings. The molecule has 0 saturated carbocycles. The van der Waals surface area contributed by atoms with Gasteiger partial charge in [-0.25, -0.2) is 0 Å². The summed E-state index contributed by atoms with van der Waals surface area (Å²) in [6, 6.07) is 16.5. The molecule has 2 aromatic carbocycles. The van der Waals surface area contributed by atoms with Crippen molar-refractivity contribution in [3.63, 3.8) is 0 Å². The van der Waals surface area contributed by atoms with Crippen LogP contribution < -0.4 is 0 Å². The number of aliphatic hydroxyl groups is 1. The van der Waals surface area contributed by atoms with Crippen molar-refractivity contribution < 1.29 is 14.6 Å². The van der Waals surface area contributed by atoms with E-state index in [2.05, 4.69) is 36.6 Å². The van der Waals surface area contributed by atoms with Gasteiger partial charge in [0.15, 0.2) is 0 Å². The Morgan fingerprint density at radius 2 is 1.88 bits per heavy atom. The molecular weight excluding hydrogens is 332 g/mol. The molecule has 0 radical (unpaired) electrons. The van der Waals surface area contributed by atoms with E-state index in [4.69, 9.17) is 4.74 Å². The van der Waals surface area contributed by atoms with Crippen molar-refractivity contribution >= 4 is 17.7 Å². The van der Waals surface area contributed by atoms with Crippen LogP contribution in [0.15, 0.2) is 53.4 Å². The first kappa shape index (κ1) is 18.0. The zero-order valence-corrected chi connectivity index (χ0v) is 15.7. The van der Waals surface area contributed by atoms with E-state index >= 15 is 0 Å². The van der Waals surface area contributed by atoms with E-state index < -0.39 is 5.60 Å². The molecule has 0 spiro atoms. The van der Waals surface area contributed by atoms with Gasteiger partial charge >= 0.3 is 5.97 Å². The molecule has 0 aliphatic heterocycles. The summed E-state index contributed by atoms with van der Waals surface area (Å²) in [5, 5.41) is 11.3. The second-order valence-electron chi connectivity index (χ2n) is 6.71. The van der Waals surface area contributed by atoms with Gasteiger partial charge in [-0.3, -0.25) is 4.79 Å². The summed E-state index contributed by atoms with van der Waals surface area (Å²) in [6.07, 6.45) is 2.90. The maximum Gasteiger partial charge on any atom is 0.308 e. The summed E-state index contributed by atoms with van der Waals surface area (Å²) in [5.41, 5.74) is 2.06. The quantitative estimate of drug-likeness (QED) is 0.646. The van der Waals surface area contributed by atoms with Crippen molar-refractivity contribution in [1.29, 1.82) is 0 Å². The largest absolute Gasteiger partial charge is 0.469 e. The highest BCUT2D eigenvalue weighted by molar-refractivity contribution is 7.98. The first-order valence-electron chi connectivity index (χ1n) is 8.51. The van der Waals surface area contributed by atoms with Gasteiger partial charge in [-0.05, 0) is 53.3 Å². The number of esters is 1. The standard InChI is InChI=1S/C21H24O3S/c1-14-18(12-15-8-10-16(25-3)11-9-15)17-6-4-5-7-19(17)21(14,23)13-20(22)24-2/h4-11,14,18,23H,12-13H2,1-3H3. The summed E-state index contributed by atoms with van der Waals surface area (Å²) >= 11 is 1.73. The van der Waals surface area contributed by atoms with Crippen molar-refractivity contribution in [2.45, 2.75) is 36.2 Å². The van der Waals surface area contributed by atoms with E-state index in [1.165, 1.54) is 17.6 Å². The molecule has 0 fully saturated rings. The maximum absolute atomic E-state index is 11.9. The Morgan fingerprint density at radius 1 is 1.20 bits per heavy atom. The van der Waals surface area contributed by atoms with Gasteiger partial charge in [0.05, 0.1) is 13.5 Å². The first-order valence-corrected chi connectivity index (χ1v) is 9.73. The van der Waals surface area contributed by atoms with Crippen LogP contribution in [0.25, 0.3) is 0 Å². The van der Waals surface area contributed by atoms with Crippen LogP contribution in [0, 0.1) is 5.92 Å². The van der Waals surface area contributed by atoms with Crippen molar-refractivity contribution in [3.8, 4) is 0 Å². The number of rotatable bonds is 5. The van der Waals surface area contributed by atoms with Gasteiger partial charge in [-0.15, -0.1) is 11.8 Å². The van der Waals surface area contributed by atoms with Crippen LogP contribution in [0.5, 0.6) is 0 Å². The molecule has 132 valence electrons. The number of methoxy groups -OCH3 is 1. The zero-order chi connectivity index (χ0) is 18.0. The molecule has 0 aromatic heterocycles. The molecule has 3 atom stereocenters. The predicted octanol–water partition coefficient (Wildman–Crippen LogP) is 4.14. The number of carbonyl (C=O) groups excluding carboxylic acids is 1. The van der Waals surface area contributed by atoms with E-state index in [1.54, 1.807) is 11.8 Å². The summed E-state index contributed by atoms with van der Waals surface area (Å²) < 4.78 is 4.82. The van der Waals surface area contributed by atoms with E-state index in [9.17, 15) is 9.90 Å². The monoisotopic (exact) mass is 356 g/mol. The number of thioether (sulfide) groups is 1. The fourth-order valence-electron chi connectivity index (χ4n) is 3.91. The van der Waals surface area contributed by atoms with Gasteiger partial charge in [-0.2, -0.15) is 0 Å². The summed E-state index contributed by atoms with van der Waals surface area (Å²) in [7, 11) is 1.36. The molecule has 25 heavy (non-hydrogen) atoms. The van der Waals surface area contributed by atoms with Crippen LogP contribution in [-0.2, 0) is 21.6 Å². The lowest BCUT2D eigenvalue weighted by molar-refractivity contribution is -0.148. The number of hydrogen-bond acceptors (Lipinski definition) is 4. The predicted molar refractivity (Wildman–Crippen MR) is 101 cm³/mol. The van der Waals surface area contributed by atoms with Crippen LogP contribution in [0.1, 0.15) is 36.0 Å². The molecule has 1 aliphatic rings. The maximum atomic E-state index is 11.9. The van der Waals surface area contributed by atoms with E-state index in [0.717, 1.165) is 17.5 Å². The number of hydrogen-bond donors (Lipinski definition) is 1. The van der Waals surface area contributed by atoms with Gasteiger partial charge < -0.3 is 9.84 Å². The van der Waals surface area contributed by atoms with Crippen LogP contribution in [0.4, 0.5) is 0 Å². The molecular formula is C21H24O3S. The summed E-state index contributed by atoms with van der Waals surface area (Å²) in [5.74, 6) is -0.274. The third kappa shape index (κ3) is 3.33. The van der Waals surface area contributed by atoms with Crippen LogP contribution in [0.3, 0.4) is 0 Å². The smallest absolute Gasteiger partial charge is 0.308 e. The van der Waals surface area contributed by atoms with E-state index in [0.29, 0.717) is 0 Å². The Bertz CT molecular complexity index is 756. The highest BCUT2D eigenvalue weighted by Gasteiger charge is 2.49. The normalized spacial score (nSPS) is 24.8. The fraction of sp³-hybridized carbons (Fsp3) is 0.381. The van der Waals surface area contributed by atoms with Gasteiger partial charge in [0.2, 0.25) is 0 Å². The first-order chi connectivity index (χ1) is 12.0. The molecule has 1 aliphatic carbocycles. The molecule has 4 heteroatoms. The summed E-state index contributed by atoms with van der Waals surface area (Å²) in [4.78, 5) is 13.1. The molecule has 1 N–H and O–H groups in total. The van der Waals surface area contributed by atoms with Crippen molar-refractivity contribution in [3.05, 3.63) is 65.2 Å². The molecule has 3 nitrogen and oxygen atoms in total.